The second kappa shape index (κ2) is 5.24. The molecule has 0 unspecified atom stereocenters. The number of fused-ring (bicyclic) bond motifs is 1. The van der Waals surface area contributed by atoms with Crippen LogP contribution < -0.4 is 4.74 Å². The Hall–Kier alpha value is -2.89. The zero-order valence-corrected chi connectivity index (χ0v) is 11.4. The zero-order valence-electron chi connectivity index (χ0n) is 11.4. The van der Waals surface area contributed by atoms with E-state index in [9.17, 15) is 9.90 Å². The lowest BCUT2D eigenvalue weighted by Gasteiger charge is -2.05. The zero-order chi connectivity index (χ0) is 14.8. The van der Waals surface area contributed by atoms with Crippen LogP contribution in [-0.4, -0.2) is 32.8 Å². The predicted molar refractivity (Wildman–Crippen MR) is 75.7 cm³/mol. The number of hydrogen-bond donors (Lipinski definition) is 1. The lowest BCUT2D eigenvalue weighted by molar-refractivity contribution is 0.0688. The lowest BCUT2D eigenvalue weighted by atomic mass is 10.1. The summed E-state index contributed by atoms with van der Waals surface area (Å²) in [7, 11) is 1.61. The van der Waals surface area contributed by atoms with Crippen LogP contribution in [0.2, 0.25) is 0 Å². The van der Waals surface area contributed by atoms with E-state index in [-0.39, 0.29) is 5.69 Å². The van der Waals surface area contributed by atoms with Crippen LogP contribution in [0.15, 0.2) is 42.5 Å². The highest BCUT2D eigenvalue weighted by Crippen LogP contribution is 2.17. The number of carbonyl (C=O) groups is 1. The van der Waals surface area contributed by atoms with Gasteiger partial charge in [0.15, 0.2) is 5.65 Å². The fourth-order valence-corrected chi connectivity index (χ4v) is 2.25. The molecule has 0 saturated heterocycles. The molecule has 0 atom stereocenters. The van der Waals surface area contributed by atoms with Gasteiger partial charge in [-0.1, -0.05) is 18.2 Å². The van der Waals surface area contributed by atoms with Crippen LogP contribution >= 0.6 is 0 Å². The van der Waals surface area contributed by atoms with Gasteiger partial charge in [0.1, 0.15) is 17.3 Å². The number of carboxylic acids is 1. The van der Waals surface area contributed by atoms with Crippen molar-refractivity contribution in [3.05, 3.63) is 59.5 Å². The summed E-state index contributed by atoms with van der Waals surface area (Å²) in [6.45, 7) is 0. The number of nitrogens with zero attached hydrogens (tertiary/aromatic N) is 3. The summed E-state index contributed by atoms with van der Waals surface area (Å²) in [6.07, 6.45) is 0.475. The second-order valence-corrected chi connectivity index (χ2v) is 4.55. The molecule has 0 aliphatic heterocycles. The van der Waals surface area contributed by atoms with Gasteiger partial charge < -0.3 is 9.84 Å². The van der Waals surface area contributed by atoms with Gasteiger partial charge in [0.2, 0.25) is 0 Å². The minimum Gasteiger partial charge on any atom is -0.497 e. The molecule has 3 aromatic rings. The maximum atomic E-state index is 11.3. The van der Waals surface area contributed by atoms with E-state index < -0.39 is 5.97 Å². The fourth-order valence-electron chi connectivity index (χ4n) is 2.25. The average molecular weight is 283 g/mol. The van der Waals surface area contributed by atoms with E-state index in [4.69, 9.17) is 4.74 Å². The van der Waals surface area contributed by atoms with Crippen LogP contribution in [0.1, 0.15) is 21.9 Å². The van der Waals surface area contributed by atoms with Gasteiger partial charge in [0, 0.05) is 6.42 Å². The molecule has 6 nitrogen and oxygen atoms in total. The number of ether oxygens (including phenoxy) is 1. The highest BCUT2D eigenvalue weighted by atomic mass is 16.5. The lowest BCUT2D eigenvalue weighted by Crippen LogP contribution is -2.08. The minimum atomic E-state index is -1.01. The van der Waals surface area contributed by atoms with Gasteiger partial charge in [-0.05, 0) is 29.8 Å². The Labute approximate surface area is 120 Å². The molecule has 3 rings (SSSR count). The quantitative estimate of drug-likeness (QED) is 0.792. The smallest absolute Gasteiger partial charge is 0.352 e. The molecule has 1 aromatic carbocycles. The molecular weight excluding hydrogens is 270 g/mol. The molecule has 6 heteroatoms. The van der Waals surface area contributed by atoms with Crippen molar-refractivity contribution in [2.24, 2.45) is 0 Å². The van der Waals surface area contributed by atoms with E-state index in [2.05, 4.69) is 10.2 Å². The summed E-state index contributed by atoms with van der Waals surface area (Å²) in [6, 6.07) is 12.5. The predicted octanol–water partition coefficient (Wildman–Crippen LogP) is 2.03. The number of aromatic nitrogens is 3. The van der Waals surface area contributed by atoms with Crippen molar-refractivity contribution >= 4 is 11.6 Å². The number of pyridine rings is 1. The van der Waals surface area contributed by atoms with Crippen LogP contribution in [0.3, 0.4) is 0 Å². The molecule has 0 spiro atoms. The summed E-state index contributed by atoms with van der Waals surface area (Å²) in [5.74, 6) is 0.323. The van der Waals surface area contributed by atoms with Crippen LogP contribution in [0.4, 0.5) is 0 Å². The van der Waals surface area contributed by atoms with Crippen molar-refractivity contribution < 1.29 is 14.6 Å². The Morgan fingerprint density at radius 2 is 2.05 bits per heavy atom. The molecule has 0 fully saturated rings. The van der Waals surface area contributed by atoms with E-state index in [0.717, 1.165) is 11.3 Å². The Morgan fingerprint density at radius 3 is 2.81 bits per heavy atom. The molecule has 0 bridgehead atoms. The summed E-state index contributed by atoms with van der Waals surface area (Å²) < 4.78 is 6.74. The maximum absolute atomic E-state index is 11.3. The summed E-state index contributed by atoms with van der Waals surface area (Å²) in [5, 5.41) is 17.4. The molecule has 0 amide bonds. The average Bonchev–Trinajstić information content (AvgIpc) is 2.90. The number of carboxylic acid groups (broad SMARTS) is 1. The van der Waals surface area contributed by atoms with Crippen LogP contribution in [0.5, 0.6) is 5.75 Å². The normalized spacial score (nSPS) is 10.7. The van der Waals surface area contributed by atoms with Crippen molar-refractivity contribution in [3.63, 3.8) is 0 Å². The third kappa shape index (κ3) is 2.43. The first-order chi connectivity index (χ1) is 10.2. The maximum Gasteiger partial charge on any atom is 0.352 e. The van der Waals surface area contributed by atoms with Gasteiger partial charge in [0.25, 0.3) is 0 Å². The largest absolute Gasteiger partial charge is 0.497 e. The van der Waals surface area contributed by atoms with E-state index >= 15 is 0 Å². The molecule has 0 saturated carbocycles. The fraction of sp³-hybridized carbons (Fsp3) is 0.133. The van der Waals surface area contributed by atoms with Gasteiger partial charge in [-0.25, -0.2) is 4.79 Å². The Balaban J connectivity index is 2.06. The second-order valence-electron chi connectivity index (χ2n) is 4.55. The van der Waals surface area contributed by atoms with Crippen LogP contribution in [0, 0.1) is 0 Å². The number of methoxy groups -OCH3 is 1. The highest BCUT2D eigenvalue weighted by molar-refractivity contribution is 5.86. The first-order valence-electron chi connectivity index (χ1n) is 6.38. The van der Waals surface area contributed by atoms with E-state index in [1.807, 2.05) is 24.3 Å². The topological polar surface area (TPSA) is 76.7 Å². The van der Waals surface area contributed by atoms with Crippen molar-refractivity contribution in [1.82, 2.24) is 14.6 Å². The Morgan fingerprint density at radius 1 is 1.24 bits per heavy atom. The third-order valence-corrected chi connectivity index (χ3v) is 3.21. The molecule has 1 N–H and O–H groups in total. The van der Waals surface area contributed by atoms with E-state index in [0.29, 0.717) is 17.9 Å². The number of hydrogen-bond acceptors (Lipinski definition) is 4. The first kappa shape index (κ1) is 13.1. The molecular formula is C15H13N3O3. The minimum absolute atomic E-state index is 0.149. The Kier molecular flexibility index (Phi) is 3.27. The van der Waals surface area contributed by atoms with Gasteiger partial charge in [-0.2, -0.15) is 0 Å². The van der Waals surface area contributed by atoms with Crippen molar-refractivity contribution in [3.8, 4) is 5.75 Å². The number of aromatic carboxylic acids is 1. The van der Waals surface area contributed by atoms with Gasteiger partial charge in [-0.15, -0.1) is 10.2 Å². The molecule has 2 heterocycles. The molecule has 21 heavy (non-hydrogen) atoms. The first-order valence-corrected chi connectivity index (χ1v) is 6.38. The third-order valence-electron chi connectivity index (χ3n) is 3.21. The van der Waals surface area contributed by atoms with Gasteiger partial charge in [0.05, 0.1) is 7.11 Å². The van der Waals surface area contributed by atoms with Gasteiger partial charge in [-0.3, -0.25) is 4.40 Å². The number of rotatable bonds is 4. The number of benzene rings is 1. The molecule has 0 radical (unpaired) electrons. The highest BCUT2D eigenvalue weighted by Gasteiger charge is 2.14. The monoisotopic (exact) mass is 283 g/mol. The van der Waals surface area contributed by atoms with Crippen molar-refractivity contribution in [1.29, 1.82) is 0 Å². The molecule has 0 aliphatic rings. The molecule has 2 aromatic heterocycles. The van der Waals surface area contributed by atoms with Crippen molar-refractivity contribution in [2.75, 3.05) is 7.11 Å². The van der Waals surface area contributed by atoms with Crippen LogP contribution in [0.25, 0.3) is 5.65 Å². The Bertz CT molecular complexity index is 811. The SMILES string of the molecule is COc1cccc(Cc2nnc3cccc(C(=O)O)n23)c1. The van der Waals surface area contributed by atoms with Crippen molar-refractivity contribution in [2.45, 2.75) is 6.42 Å². The van der Waals surface area contributed by atoms with Gasteiger partial charge >= 0.3 is 5.97 Å². The van der Waals surface area contributed by atoms with E-state index in [1.54, 1.807) is 23.6 Å². The summed E-state index contributed by atoms with van der Waals surface area (Å²) in [5.41, 5.74) is 1.65. The standard InChI is InChI=1S/C15H13N3O3/c1-21-11-5-2-4-10(8-11)9-14-17-16-13-7-3-6-12(15(19)20)18(13)14/h2-8H,9H2,1H3,(H,19,20). The molecule has 0 aliphatic carbocycles. The summed E-state index contributed by atoms with van der Waals surface area (Å²) >= 11 is 0. The molecule has 106 valence electrons. The van der Waals surface area contributed by atoms with Crippen LogP contribution in [-0.2, 0) is 6.42 Å². The summed E-state index contributed by atoms with van der Waals surface area (Å²) in [4.78, 5) is 11.3. The van der Waals surface area contributed by atoms with E-state index in [1.165, 1.54) is 6.07 Å².